The highest BCUT2D eigenvalue weighted by Crippen LogP contribution is 2.27. The summed E-state index contributed by atoms with van der Waals surface area (Å²) in [7, 11) is 0. The Bertz CT molecular complexity index is 977. The maximum absolute atomic E-state index is 14.3. The van der Waals surface area contributed by atoms with Crippen molar-refractivity contribution < 1.29 is 14.0 Å². The second kappa shape index (κ2) is 9.14. The first kappa shape index (κ1) is 19.6. The number of urea groups is 1. The van der Waals surface area contributed by atoms with Crippen molar-refractivity contribution in [3.63, 3.8) is 0 Å². The van der Waals surface area contributed by atoms with Gasteiger partial charge in [0, 0.05) is 12.2 Å². The second-order valence-corrected chi connectivity index (χ2v) is 6.93. The van der Waals surface area contributed by atoms with Gasteiger partial charge in [0.05, 0.1) is 12.1 Å². The molecule has 0 aliphatic rings. The average Bonchev–Trinajstić information content (AvgIpc) is 3.05. The Kier molecular flexibility index (Phi) is 6.38. The summed E-state index contributed by atoms with van der Waals surface area (Å²) in [6.07, 6.45) is 0.0842. The number of amides is 3. The predicted octanol–water partition coefficient (Wildman–Crippen LogP) is 2.81. The lowest BCUT2D eigenvalue weighted by Crippen LogP contribution is -2.35. The molecule has 7 nitrogen and oxygen atoms in total. The molecule has 144 valence electrons. The first-order chi connectivity index (χ1) is 13.5. The molecule has 0 radical (unpaired) electrons. The lowest BCUT2D eigenvalue weighted by molar-refractivity contribution is -0.119. The Morgan fingerprint density at radius 1 is 1.07 bits per heavy atom. The van der Waals surface area contributed by atoms with Gasteiger partial charge in [-0.25, -0.2) is 9.18 Å². The quantitative estimate of drug-likeness (QED) is 0.595. The van der Waals surface area contributed by atoms with Crippen molar-refractivity contribution >= 4 is 23.7 Å². The Hall–Kier alpha value is -3.20. The van der Waals surface area contributed by atoms with Crippen molar-refractivity contribution in [3.8, 4) is 11.4 Å². The van der Waals surface area contributed by atoms with Crippen molar-refractivity contribution in [3.05, 3.63) is 66.0 Å². The van der Waals surface area contributed by atoms with Crippen LogP contribution in [0.15, 0.2) is 59.8 Å². The highest BCUT2D eigenvalue weighted by molar-refractivity contribution is 7.99. The number of thioether (sulfide) groups is 1. The largest absolute Gasteiger partial charge is 0.351 e. The van der Waals surface area contributed by atoms with Crippen molar-refractivity contribution in [2.45, 2.75) is 18.1 Å². The summed E-state index contributed by atoms with van der Waals surface area (Å²) in [5.41, 5.74) is 6.29. The summed E-state index contributed by atoms with van der Waals surface area (Å²) < 4.78 is 16.1. The molecule has 0 fully saturated rings. The number of benzene rings is 2. The second-order valence-electron chi connectivity index (χ2n) is 5.87. The minimum Gasteiger partial charge on any atom is -0.351 e. The predicted molar refractivity (Wildman–Crippen MR) is 104 cm³/mol. The number of rotatable bonds is 7. The Balaban J connectivity index is 1.84. The summed E-state index contributed by atoms with van der Waals surface area (Å²) in [4.78, 5) is 22.3. The van der Waals surface area contributed by atoms with Crippen molar-refractivity contribution in [2.75, 3.05) is 5.75 Å². The van der Waals surface area contributed by atoms with E-state index in [0.29, 0.717) is 28.8 Å². The molecule has 2 aromatic carbocycles. The molecule has 0 unspecified atom stereocenters. The van der Waals surface area contributed by atoms with Gasteiger partial charge in [-0.05, 0) is 17.7 Å². The van der Waals surface area contributed by atoms with Crippen LogP contribution in [0.4, 0.5) is 9.18 Å². The molecular formula is C19H18FN5O2S. The van der Waals surface area contributed by atoms with Crippen molar-refractivity contribution in [1.82, 2.24) is 20.1 Å². The molecular weight excluding hydrogens is 381 g/mol. The smallest absolute Gasteiger partial charge is 0.318 e. The molecule has 1 aromatic heterocycles. The summed E-state index contributed by atoms with van der Waals surface area (Å²) in [5.74, 6) is -0.0837. The molecule has 0 spiro atoms. The van der Waals surface area contributed by atoms with Crippen LogP contribution >= 0.6 is 11.8 Å². The van der Waals surface area contributed by atoms with Gasteiger partial charge in [0.1, 0.15) is 5.82 Å². The summed E-state index contributed by atoms with van der Waals surface area (Å²) in [5, 5.41) is 10.9. The van der Waals surface area contributed by atoms with Gasteiger partial charge < -0.3 is 5.73 Å². The van der Waals surface area contributed by atoms with E-state index in [1.54, 1.807) is 18.2 Å². The SMILES string of the molecule is NC(=O)NC(=O)CCSc1nnc(-c2ccccc2F)n1Cc1ccccc1. The van der Waals surface area contributed by atoms with Gasteiger partial charge in [-0.15, -0.1) is 10.2 Å². The number of carbonyl (C=O) groups is 2. The molecule has 9 heteroatoms. The third-order valence-corrected chi connectivity index (χ3v) is 4.81. The molecule has 3 rings (SSSR count). The highest BCUT2D eigenvalue weighted by atomic mass is 32.2. The molecule has 3 aromatic rings. The van der Waals surface area contributed by atoms with Crippen LogP contribution in [0.5, 0.6) is 0 Å². The van der Waals surface area contributed by atoms with Crippen LogP contribution in [0.1, 0.15) is 12.0 Å². The standard InChI is InChI=1S/C19H18FN5O2S/c20-15-9-5-4-8-14(15)17-23-24-19(28-11-10-16(26)22-18(21)27)25(17)12-13-6-2-1-3-7-13/h1-9H,10-12H2,(H3,21,22,26,27). The number of carbonyl (C=O) groups excluding carboxylic acids is 2. The van der Waals surface area contributed by atoms with Gasteiger partial charge in [-0.3, -0.25) is 14.7 Å². The zero-order valence-corrected chi connectivity index (χ0v) is 15.7. The fourth-order valence-electron chi connectivity index (χ4n) is 2.58. The van der Waals surface area contributed by atoms with E-state index in [1.807, 2.05) is 40.2 Å². The monoisotopic (exact) mass is 399 g/mol. The highest BCUT2D eigenvalue weighted by Gasteiger charge is 2.18. The lowest BCUT2D eigenvalue weighted by atomic mass is 10.2. The minimum atomic E-state index is -0.885. The number of halogens is 1. The fourth-order valence-corrected chi connectivity index (χ4v) is 3.46. The molecule has 0 aliphatic heterocycles. The van der Waals surface area contributed by atoms with E-state index < -0.39 is 11.9 Å². The van der Waals surface area contributed by atoms with E-state index >= 15 is 0 Å². The number of primary amides is 1. The molecule has 0 saturated heterocycles. The third kappa shape index (κ3) is 4.95. The number of aromatic nitrogens is 3. The third-order valence-electron chi connectivity index (χ3n) is 3.84. The molecule has 0 saturated carbocycles. The number of hydrogen-bond acceptors (Lipinski definition) is 5. The van der Waals surface area contributed by atoms with Crippen molar-refractivity contribution in [2.24, 2.45) is 5.73 Å². The van der Waals surface area contributed by atoms with E-state index in [0.717, 1.165) is 5.56 Å². The van der Waals surface area contributed by atoms with E-state index in [9.17, 15) is 14.0 Å². The maximum atomic E-state index is 14.3. The average molecular weight is 399 g/mol. The molecule has 0 atom stereocenters. The van der Waals surface area contributed by atoms with Gasteiger partial charge in [0.25, 0.3) is 0 Å². The number of nitrogens with one attached hydrogen (secondary N) is 1. The van der Waals surface area contributed by atoms with Crippen LogP contribution in [0.25, 0.3) is 11.4 Å². The molecule has 28 heavy (non-hydrogen) atoms. The Morgan fingerprint density at radius 3 is 2.50 bits per heavy atom. The number of hydrogen-bond donors (Lipinski definition) is 2. The first-order valence-corrected chi connectivity index (χ1v) is 9.47. The molecule has 0 aliphatic carbocycles. The number of imide groups is 1. The van der Waals surface area contributed by atoms with Gasteiger partial charge >= 0.3 is 6.03 Å². The lowest BCUT2D eigenvalue weighted by Gasteiger charge is -2.11. The zero-order chi connectivity index (χ0) is 19.9. The van der Waals surface area contributed by atoms with Gasteiger partial charge in [0.2, 0.25) is 5.91 Å². The maximum Gasteiger partial charge on any atom is 0.318 e. The van der Waals surface area contributed by atoms with Crippen LogP contribution in [-0.4, -0.2) is 32.5 Å². The van der Waals surface area contributed by atoms with Crippen LogP contribution in [-0.2, 0) is 11.3 Å². The number of nitrogens with two attached hydrogens (primary N) is 1. The van der Waals surface area contributed by atoms with Gasteiger partial charge in [-0.2, -0.15) is 0 Å². The Morgan fingerprint density at radius 2 is 1.79 bits per heavy atom. The van der Waals surface area contributed by atoms with Crippen LogP contribution < -0.4 is 11.1 Å². The fraction of sp³-hybridized carbons (Fsp3) is 0.158. The summed E-state index contributed by atoms with van der Waals surface area (Å²) in [6.45, 7) is 0.452. The molecule has 0 bridgehead atoms. The molecule has 1 heterocycles. The van der Waals surface area contributed by atoms with Gasteiger partial charge in [-0.1, -0.05) is 54.2 Å². The first-order valence-electron chi connectivity index (χ1n) is 8.48. The van der Waals surface area contributed by atoms with E-state index in [4.69, 9.17) is 5.73 Å². The van der Waals surface area contributed by atoms with E-state index in [1.165, 1.54) is 17.8 Å². The van der Waals surface area contributed by atoms with Crippen molar-refractivity contribution in [1.29, 1.82) is 0 Å². The van der Waals surface area contributed by atoms with Gasteiger partial charge in [0.15, 0.2) is 11.0 Å². The van der Waals surface area contributed by atoms with Crippen LogP contribution in [0, 0.1) is 5.82 Å². The summed E-state index contributed by atoms with van der Waals surface area (Å²) in [6, 6.07) is 15.2. The van der Waals surface area contributed by atoms with Crippen LogP contribution in [0.2, 0.25) is 0 Å². The Labute approximate surface area is 165 Å². The normalized spacial score (nSPS) is 10.6. The van der Waals surface area contributed by atoms with E-state index in [2.05, 4.69) is 10.2 Å². The molecule has 3 N–H and O–H groups in total. The zero-order valence-electron chi connectivity index (χ0n) is 14.8. The molecule has 3 amide bonds. The topological polar surface area (TPSA) is 103 Å². The minimum absolute atomic E-state index is 0.0842. The number of nitrogens with zero attached hydrogens (tertiary/aromatic N) is 3. The van der Waals surface area contributed by atoms with Crippen LogP contribution in [0.3, 0.4) is 0 Å². The van der Waals surface area contributed by atoms with E-state index in [-0.39, 0.29) is 12.2 Å². The summed E-state index contributed by atoms with van der Waals surface area (Å²) >= 11 is 1.30.